The normalized spacial score (nSPS) is 13.4. The summed E-state index contributed by atoms with van der Waals surface area (Å²) in [5.41, 5.74) is 2.92. The SMILES string of the molecule is O=C1c2cnc3n[nH]c(-c4ccc(Cl)cc4)c3c2C(=O)N1c1cccc2ccccc12. The highest BCUT2D eigenvalue weighted by molar-refractivity contribution is 6.39. The lowest BCUT2D eigenvalue weighted by Gasteiger charge is -2.16. The summed E-state index contributed by atoms with van der Waals surface area (Å²) < 4.78 is 0. The Bertz CT molecular complexity index is 1530. The number of benzene rings is 3. The molecule has 1 aliphatic heterocycles. The Morgan fingerprint density at radius 3 is 2.48 bits per heavy atom. The number of nitrogens with one attached hydrogen (secondary N) is 1. The first-order valence-electron chi connectivity index (χ1n) is 9.63. The first-order chi connectivity index (χ1) is 15.1. The van der Waals surface area contributed by atoms with Gasteiger partial charge in [0.1, 0.15) is 0 Å². The van der Waals surface area contributed by atoms with Gasteiger partial charge in [-0.2, -0.15) is 5.10 Å². The standard InChI is InChI=1S/C24H13ClN4O2/c25-15-10-8-14(9-11-15)21-20-19-17(12-26-22(20)28-27-21)23(30)29(24(19)31)18-7-3-5-13-4-1-2-6-16(13)18/h1-12H,(H,26,27,28). The zero-order valence-electron chi connectivity index (χ0n) is 16.0. The molecule has 0 saturated carbocycles. The molecule has 7 heteroatoms. The average Bonchev–Trinajstić information content (AvgIpc) is 3.33. The largest absolute Gasteiger partial charge is 0.275 e. The molecule has 0 spiro atoms. The Balaban J connectivity index is 1.59. The van der Waals surface area contributed by atoms with Crippen molar-refractivity contribution in [3.63, 3.8) is 0 Å². The molecule has 0 fully saturated rings. The molecule has 0 saturated heterocycles. The van der Waals surface area contributed by atoms with Gasteiger partial charge in [-0.25, -0.2) is 9.88 Å². The van der Waals surface area contributed by atoms with Gasteiger partial charge >= 0.3 is 0 Å². The molecule has 0 bridgehead atoms. The smallest absolute Gasteiger partial charge is 0.267 e. The average molecular weight is 425 g/mol. The fourth-order valence-electron chi connectivity index (χ4n) is 4.14. The maximum absolute atomic E-state index is 13.6. The molecule has 6 nitrogen and oxygen atoms in total. The molecular formula is C24H13ClN4O2. The number of carbonyl (C=O) groups is 2. The summed E-state index contributed by atoms with van der Waals surface area (Å²) in [5.74, 6) is -0.783. The number of halogens is 1. The van der Waals surface area contributed by atoms with E-state index in [9.17, 15) is 9.59 Å². The quantitative estimate of drug-likeness (QED) is 0.393. The molecule has 1 N–H and O–H groups in total. The lowest BCUT2D eigenvalue weighted by molar-refractivity contribution is 0.0927. The van der Waals surface area contributed by atoms with Crippen LogP contribution >= 0.6 is 11.6 Å². The molecule has 0 aliphatic carbocycles. The van der Waals surface area contributed by atoms with Crippen LogP contribution in [0.1, 0.15) is 20.7 Å². The number of nitrogens with zero attached hydrogens (tertiary/aromatic N) is 3. The van der Waals surface area contributed by atoms with E-state index in [-0.39, 0.29) is 11.5 Å². The van der Waals surface area contributed by atoms with Crippen molar-refractivity contribution in [1.82, 2.24) is 15.2 Å². The summed E-state index contributed by atoms with van der Waals surface area (Å²) in [6.07, 6.45) is 1.43. The maximum Gasteiger partial charge on any atom is 0.267 e. The van der Waals surface area contributed by atoms with Gasteiger partial charge in [-0.15, -0.1) is 0 Å². The molecule has 31 heavy (non-hydrogen) atoms. The van der Waals surface area contributed by atoms with Crippen molar-refractivity contribution >= 4 is 50.9 Å². The summed E-state index contributed by atoms with van der Waals surface area (Å²) in [4.78, 5) is 32.5. The van der Waals surface area contributed by atoms with Gasteiger partial charge in [0.15, 0.2) is 5.65 Å². The van der Waals surface area contributed by atoms with Crippen molar-refractivity contribution in [2.24, 2.45) is 0 Å². The van der Waals surface area contributed by atoms with E-state index in [0.29, 0.717) is 33.0 Å². The van der Waals surface area contributed by atoms with Gasteiger partial charge in [0.2, 0.25) is 0 Å². The predicted molar refractivity (Wildman–Crippen MR) is 119 cm³/mol. The number of aromatic amines is 1. The van der Waals surface area contributed by atoms with Crippen molar-refractivity contribution in [1.29, 1.82) is 0 Å². The number of hydrogen-bond donors (Lipinski definition) is 1. The topological polar surface area (TPSA) is 79.0 Å². The van der Waals surface area contributed by atoms with Crippen LogP contribution in [0.15, 0.2) is 72.9 Å². The molecule has 148 valence electrons. The fourth-order valence-corrected chi connectivity index (χ4v) is 4.27. The van der Waals surface area contributed by atoms with Crippen molar-refractivity contribution in [3.05, 3.63) is 89.1 Å². The number of imide groups is 1. The highest BCUT2D eigenvalue weighted by Gasteiger charge is 2.40. The second-order valence-electron chi connectivity index (χ2n) is 7.29. The monoisotopic (exact) mass is 424 g/mol. The van der Waals surface area contributed by atoms with E-state index in [1.807, 2.05) is 48.5 Å². The number of carbonyl (C=O) groups excluding carboxylic acids is 2. The van der Waals surface area contributed by atoms with Crippen LogP contribution in [0, 0.1) is 0 Å². The fraction of sp³-hybridized carbons (Fsp3) is 0. The Hall–Kier alpha value is -4.03. The van der Waals surface area contributed by atoms with Crippen LogP contribution in [0.2, 0.25) is 5.02 Å². The Labute approximate surface area is 181 Å². The third-order valence-electron chi connectivity index (χ3n) is 5.57. The van der Waals surface area contributed by atoms with Crippen LogP contribution in [-0.4, -0.2) is 27.0 Å². The van der Waals surface area contributed by atoms with E-state index in [1.165, 1.54) is 11.1 Å². The molecule has 3 heterocycles. The van der Waals surface area contributed by atoms with E-state index in [4.69, 9.17) is 11.6 Å². The minimum atomic E-state index is -0.394. The Morgan fingerprint density at radius 2 is 1.65 bits per heavy atom. The minimum Gasteiger partial charge on any atom is -0.275 e. The maximum atomic E-state index is 13.6. The van der Waals surface area contributed by atoms with Crippen molar-refractivity contribution < 1.29 is 9.59 Å². The van der Waals surface area contributed by atoms with Crippen LogP contribution in [0.3, 0.4) is 0 Å². The van der Waals surface area contributed by atoms with Crippen LogP contribution in [0.25, 0.3) is 33.1 Å². The summed E-state index contributed by atoms with van der Waals surface area (Å²) in [6.45, 7) is 0. The molecule has 2 amide bonds. The first-order valence-corrected chi connectivity index (χ1v) is 10.0. The summed E-state index contributed by atoms with van der Waals surface area (Å²) in [5, 5.41) is 10.1. The first kappa shape index (κ1) is 17.8. The lowest BCUT2D eigenvalue weighted by atomic mass is 10.0. The highest BCUT2D eigenvalue weighted by Crippen LogP contribution is 2.38. The summed E-state index contributed by atoms with van der Waals surface area (Å²) >= 11 is 6.02. The number of aromatic nitrogens is 3. The molecule has 0 unspecified atom stereocenters. The zero-order chi connectivity index (χ0) is 21.1. The number of hydrogen-bond acceptors (Lipinski definition) is 4. The third kappa shape index (κ3) is 2.52. The molecule has 5 aromatic rings. The van der Waals surface area contributed by atoms with Gasteiger partial charge in [0.25, 0.3) is 11.8 Å². The molecule has 1 aliphatic rings. The van der Waals surface area contributed by atoms with Crippen molar-refractivity contribution in [3.8, 4) is 11.3 Å². The molecule has 3 aromatic carbocycles. The number of amides is 2. The molecular weight excluding hydrogens is 412 g/mol. The van der Waals surface area contributed by atoms with Gasteiger partial charge in [-0.3, -0.25) is 14.7 Å². The molecule has 2 aromatic heterocycles. The van der Waals surface area contributed by atoms with Crippen molar-refractivity contribution in [2.75, 3.05) is 4.90 Å². The lowest BCUT2D eigenvalue weighted by Crippen LogP contribution is -2.29. The molecule has 6 rings (SSSR count). The number of rotatable bonds is 2. The van der Waals surface area contributed by atoms with Gasteiger partial charge in [0.05, 0.1) is 27.9 Å². The van der Waals surface area contributed by atoms with Crippen molar-refractivity contribution in [2.45, 2.75) is 0 Å². The second kappa shape index (κ2) is 6.48. The van der Waals surface area contributed by atoms with E-state index in [2.05, 4.69) is 15.2 Å². The number of H-pyrrole nitrogens is 1. The second-order valence-corrected chi connectivity index (χ2v) is 7.73. The summed E-state index contributed by atoms with van der Waals surface area (Å²) in [6, 6.07) is 20.4. The number of anilines is 1. The number of fused-ring (bicyclic) bond motifs is 4. The van der Waals surface area contributed by atoms with Gasteiger partial charge in [-0.1, -0.05) is 60.1 Å². The van der Waals surface area contributed by atoms with E-state index >= 15 is 0 Å². The summed E-state index contributed by atoms with van der Waals surface area (Å²) in [7, 11) is 0. The van der Waals surface area contributed by atoms with Crippen LogP contribution in [0.5, 0.6) is 0 Å². The van der Waals surface area contributed by atoms with Crippen LogP contribution in [0.4, 0.5) is 5.69 Å². The van der Waals surface area contributed by atoms with E-state index < -0.39 is 5.91 Å². The van der Waals surface area contributed by atoms with E-state index in [1.54, 1.807) is 18.2 Å². The van der Waals surface area contributed by atoms with Gasteiger partial charge < -0.3 is 0 Å². The minimum absolute atomic E-state index is 0.266. The highest BCUT2D eigenvalue weighted by atomic mass is 35.5. The third-order valence-corrected chi connectivity index (χ3v) is 5.83. The van der Waals surface area contributed by atoms with E-state index in [0.717, 1.165) is 16.3 Å². The Morgan fingerprint density at radius 1 is 0.871 bits per heavy atom. The molecule has 0 radical (unpaired) electrons. The number of pyridine rings is 1. The van der Waals surface area contributed by atoms with Crippen LogP contribution in [-0.2, 0) is 0 Å². The Kier molecular flexibility index (Phi) is 3.72. The van der Waals surface area contributed by atoms with Gasteiger partial charge in [0, 0.05) is 22.2 Å². The van der Waals surface area contributed by atoms with Gasteiger partial charge in [-0.05, 0) is 23.6 Å². The molecule has 0 atom stereocenters. The zero-order valence-corrected chi connectivity index (χ0v) is 16.7. The van der Waals surface area contributed by atoms with Crippen LogP contribution < -0.4 is 4.90 Å². The predicted octanol–water partition coefficient (Wildman–Crippen LogP) is 5.23.